The van der Waals surface area contributed by atoms with E-state index in [4.69, 9.17) is 0 Å². The Balaban J connectivity index is 2.29. The summed E-state index contributed by atoms with van der Waals surface area (Å²) in [5.41, 5.74) is 4.88. The fraction of sp³-hybridized carbons (Fsp3) is 0.333. The van der Waals surface area contributed by atoms with Crippen LogP contribution in [0.3, 0.4) is 0 Å². The number of hydroxylamine groups is 2. The molecular weight excluding hydrogens is 342 g/mol. The van der Waals surface area contributed by atoms with E-state index >= 15 is 0 Å². The van der Waals surface area contributed by atoms with E-state index in [2.05, 4.69) is 17.1 Å². The molecule has 0 spiro atoms. The van der Waals surface area contributed by atoms with Gasteiger partial charge in [-0.2, -0.15) is 0 Å². The minimum Gasteiger partial charge on any atom is -0.325 e. The number of nitrogens with one attached hydrogen (secondary N) is 1. The van der Waals surface area contributed by atoms with Crippen LogP contribution in [0.5, 0.6) is 0 Å². The van der Waals surface area contributed by atoms with Crippen molar-refractivity contribution in [1.29, 1.82) is 0 Å². The van der Waals surface area contributed by atoms with Gasteiger partial charge in [0.25, 0.3) is 5.91 Å². The lowest BCUT2D eigenvalue weighted by Gasteiger charge is -2.32. The smallest absolute Gasteiger partial charge is 0.279 e. The number of amides is 2. The van der Waals surface area contributed by atoms with E-state index in [-0.39, 0.29) is 5.91 Å². The van der Waals surface area contributed by atoms with Gasteiger partial charge in [-0.15, -0.1) is 0 Å². The molecule has 0 atom stereocenters. The highest BCUT2D eigenvalue weighted by Crippen LogP contribution is 2.38. The molecule has 2 amide bonds. The van der Waals surface area contributed by atoms with E-state index in [9.17, 15) is 14.8 Å². The summed E-state index contributed by atoms with van der Waals surface area (Å²) in [7, 11) is 1.29. The Morgan fingerprint density at radius 1 is 1.22 bits per heavy atom. The molecule has 1 aliphatic heterocycles. The zero-order valence-corrected chi connectivity index (χ0v) is 16.0. The molecule has 0 bridgehead atoms. The first-order valence-electron chi connectivity index (χ1n) is 9.13. The lowest BCUT2D eigenvalue weighted by molar-refractivity contribution is -0.114. The molecule has 3 rings (SSSR count). The van der Waals surface area contributed by atoms with Crippen LogP contribution < -0.4 is 5.32 Å². The molecule has 0 fully saturated rings. The molecule has 6 heteroatoms. The summed E-state index contributed by atoms with van der Waals surface area (Å²) < 4.78 is 0. The molecule has 0 unspecified atom stereocenters. The number of hydrogen-bond acceptors (Lipinski definition) is 4. The molecule has 1 aliphatic rings. The van der Waals surface area contributed by atoms with Crippen molar-refractivity contribution in [2.45, 2.75) is 26.8 Å². The molecule has 0 radical (unpaired) electrons. The molecule has 2 aromatic carbocycles. The lowest BCUT2D eigenvalue weighted by atomic mass is 9.86. The van der Waals surface area contributed by atoms with Gasteiger partial charge in [-0.25, -0.2) is 5.06 Å². The second kappa shape index (κ2) is 7.90. The van der Waals surface area contributed by atoms with Crippen molar-refractivity contribution in [2.75, 3.05) is 25.5 Å². The summed E-state index contributed by atoms with van der Waals surface area (Å²) in [6.07, 6.45) is 0.837. The predicted octanol–water partition coefficient (Wildman–Crippen LogP) is 3.15. The molecule has 0 aliphatic carbocycles. The number of carbonyl (C=O) groups excluding carboxylic acids is 2. The molecule has 6 nitrogen and oxygen atoms in total. The van der Waals surface area contributed by atoms with Crippen LogP contribution in [0.2, 0.25) is 0 Å². The normalized spacial score (nSPS) is 13.8. The Hall–Kier alpha value is -2.70. The van der Waals surface area contributed by atoms with Crippen molar-refractivity contribution in [3.8, 4) is 11.1 Å². The van der Waals surface area contributed by atoms with E-state index < -0.39 is 5.91 Å². The van der Waals surface area contributed by atoms with Crippen LogP contribution in [0.4, 0.5) is 5.69 Å². The van der Waals surface area contributed by atoms with Crippen molar-refractivity contribution in [3.05, 3.63) is 53.1 Å². The lowest BCUT2D eigenvalue weighted by Crippen LogP contribution is -2.33. The SMILES string of the molecule is CCN1CCc2c(-c3ccccc3)cc(C(=O)N(C)O)c(NC(C)=O)c2C1. The summed E-state index contributed by atoms with van der Waals surface area (Å²) in [4.78, 5) is 26.8. The zero-order chi connectivity index (χ0) is 19.6. The number of rotatable bonds is 4. The topological polar surface area (TPSA) is 72.9 Å². The van der Waals surface area contributed by atoms with Gasteiger partial charge in [-0.1, -0.05) is 37.3 Å². The van der Waals surface area contributed by atoms with Gasteiger partial charge < -0.3 is 5.32 Å². The summed E-state index contributed by atoms with van der Waals surface area (Å²) in [5, 5.41) is 13.2. The minimum absolute atomic E-state index is 0.243. The Morgan fingerprint density at radius 2 is 1.93 bits per heavy atom. The molecule has 1 heterocycles. The summed E-state index contributed by atoms with van der Waals surface area (Å²) in [6, 6.07) is 11.7. The van der Waals surface area contributed by atoms with Gasteiger partial charge >= 0.3 is 0 Å². The molecule has 142 valence electrons. The summed E-state index contributed by atoms with van der Waals surface area (Å²) in [5.74, 6) is -0.791. The van der Waals surface area contributed by atoms with Crippen LogP contribution in [0.25, 0.3) is 11.1 Å². The van der Waals surface area contributed by atoms with Gasteiger partial charge in [-0.3, -0.25) is 19.7 Å². The third-order valence-corrected chi connectivity index (χ3v) is 4.97. The first-order chi connectivity index (χ1) is 12.9. The van der Waals surface area contributed by atoms with Gasteiger partial charge in [0, 0.05) is 27.1 Å². The number of hydrogen-bond donors (Lipinski definition) is 2. The highest BCUT2D eigenvalue weighted by molar-refractivity contribution is 6.05. The van der Waals surface area contributed by atoms with Crippen molar-refractivity contribution in [3.63, 3.8) is 0 Å². The van der Waals surface area contributed by atoms with Gasteiger partial charge in [0.05, 0.1) is 11.3 Å². The predicted molar refractivity (Wildman–Crippen MR) is 105 cm³/mol. The minimum atomic E-state index is -0.549. The molecule has 0 saturated heterocycles. The van der Waals surface area contributed by atoms with Crippen molar-refractivity contribution in [1.82, 2.24) is 9.96 Å². The number of fused-ring (bicyclic) bond motifs is 1. The number of nitrogens with zero attached hydrogens (tertiary/aromatic N) is 2. The molecule has 0 saturated carbocycles. The molecule has 2 aromatic rings. The monoisotopic (exact) mass is 367 g/mol. The van der Waals surface area contributed by atoms with Crippen LogP contribution in [0.15, 0.2) is 36.4 Å². The van der Waals surface area contributed by atoms with Crippen LogP contribution in [0.1, 0.15) is 35.3 Å². The van der Waals surface area contributed by atoms with Crippen LogP contribution >= 0.6 is 0 Å². The maximum absolute atomic E-state index is 12.7. The molecule has 27 heavy (non-hydrogen) atoms. The zero-order valence-electron chi connectivity index (χ0n) is 16.0. The fourth-order valence-electron chi connectivity index (χ4n) is 3.62. The van der Waals surface area contributed by atoms with E-state index in [1.165, 1.54) is 14.0 Å². The van der Waals surface area contributed by atoms with Crippen molar-refractivity contribution < 1.29 is 14.8 Å². The Labute approximate surface area is 159 Å². The standard InChI is InChI=1S/C21H25N3O3/c1-4-24-11-10-16-17(15-8-6-5-7-9-15)12-18(21(26)23(3)27)20(19(16)13-24)22-14(2)25/h5-9,12,27H,4,10-11,13H2,1-3H3,(H,22,25). The van der Waals surface area contributed by atoms with E-state index in [1.54, 1.807) is 6.07 Å². The number of likely N-dealkylation sites (N-methyl/N-ethyl adjacent to an activating group) is 1. The first-order valence-corrected chi connectivity index (χ1v) is 9.13. The van der Waals surface area contributed by atoms with Crippen molar-refractivity contribution in [2.24, 2.45) is 0 Å². The summed E-state index contributed by atoms with van der Waals surface area (Å²) in [6.45, 7) is 5.98. The van der Waals surface area contributed by atoms with Gasteiger partial charge in [0.15, 0.2) is 0 Å². The highest BCUT2D eigenvalue weighted by Gasteiger charge is 2.28. The average molecular weight is 367 g/mol. The Kier molecular flexibility index (Phi) is 5.58. The quantitative estimate of drug-likeness (QED) is 0.643. The van der Waals surface area contributed by atoms with E-state index in [1.807, 2.05) is 30.3 Å². The van der Waals surface area contributed by atoms with Gasteiger partial charge in [-0.05, 0) is 41.3 Å². The van der Waals surface area contributed by atoms with E-state index in [0.717, 1.165) is 41.8 Å². The average Bonchev–Trinajstić information content (AvgIpc) is 2.67. The second-order valence-corrected chi connectivity index (χ2v) is 6.80. The third kappa shape index (κ3) is 3.86. The maximum Gasteiger partial charge on any atom is 0.279 e. The molecular formula is C21H25N3O3. The van der Waals surface area contributed by atoms with Crippen molar-refractivity contribution >= 4 is 17.5 Å². The number of anilines is 1. The maximum atomic E-state index is 12.7. The first kappa shape index (κ1) is 19.1. The Bertz CT molecular complexity index is 863. The molecule has 2 N–H and O–H groups in total. The van der Waals surface area contributed by atoms with Crippen LogP contribution in [0, 0.1) is 0 Å². The van der Waals surface area contributed by atoms with E-state index in [0.29, 0.717) is 22.9 Å². The summed E-state index contributed by atoms with van der Waals surface area (Å²) >= 11 is 0. The number of benzene rings is 2. The number of carbonyl (C=O) groups is 2. The highest BCUT2D eigenvalue weighted by atomic mass is 16.5. The van der Waals surface area contributed by atoms with Crippen LogP contribution in [-0.2, 0) is 17.8 Å². The van der Waals surface area contributed by atoms with Gasteiger partial charge in [0.2, 0.25) is 5.91 Å². The van der Waals surface area contributed by atoms with Gasteiger partial charge in [0.1, 0.15) is 0 Å². The van der Waals surface area contributed by atoms with Crippen LogP contribution in [-0.4, -0.2) is 47.1 Å². The third-order valence-electron chi connectivity index (χ3n) is 4.97. The second-order valence-electron chi connectivity index (χ2n) is 6.80. The largest absolute Gasteiger partial charge is 0.325 e. The fourth-order valence-corrected chi connectivity index (χ4v) is 3.62. The molecule has 0 aromatic heterocycles. The Morgan fingerprint density at radius 3 is 2.52 bits per heavy atom.